The minimum atomic E-state index is -0.696. The van der Waals surface area contributed by atoms with Crippen molar-refractivity contribution in [3.05, 3.63) is 66.3 Å². The predicted molar refractivity (Wildman–Crippen MR) is 133 cm³/mol. The number of carboxylic acids is 1. The van der Waals surface area contributed by atoms with E-state index < -0.39 is 5.97 Å². The van der Waals surface area contributed by atoms with Crippen molar-refractivity contribution in [3.8, 4) is 11.4 Å². The molecule has 6 rings (SSSR count). The molecule has 0 bridgehead atoms. The largest absolute Gasteiger partial charge is 0.481 e. The van der Waals surface area contributed by atoms with Crippen molar-refractivity contribution in [2.45, 2.75) is 44.4 Å². The minimum Gasteiger partial charge on any atom is -0.481 e. The van der Waals surface area contributed by atoms with Crippen LogP contribution in [-0.4, -0.2) is 30.4 Å². The fourth-order valence-electron chi connectivity index (χ4n) is 5.54. The van der Waals surface area contributed by atoms with Crippen LogP contribution in [0.25, 0.3) is 33.4 Å². The topological polar surface area (TPSA) is 109 Å². The van der Waals surface area contributed by atoms with Crippen molar-refractivity contribution >= 4 is 33.8 Å². The Balaban J connectivity index is 1.46. The number of allylic oxidation sites excluding steroid dienone is 4. The Bertz CT molecular complexity index is 1470. The molecule has 4 aromatic rings. The van der Waals surface area contributed by atoms with Crippen LogP contribution in [0, 0.1) is 5.92 Å². The lowest BCUT2D eigenvalue weighted by Gasteiger charge is -2.25. The molecule has 1 aromatic carbocycles. The number of hydrogen-bond acceptors (Lipinski definition) is 4. The molecule has 3 aromatic heterocycles. The van der Waals surface area contributed by atoms with Gasteiger partial charge in [0.15, 0.2) is 0 Å². The first-order chi connectivity index (χ1) is 16.6. The molecule has 172 valence electrons. The van der Waals surface area contributed by atoms with Crippen LogP contribution in [0.4, 0.5) is 5.82 Å². The van der Waals surface area contributed by atoms with Crippen LogP contribution in [0.15, 0.2) is 54.9 Å². The summed E-state index contributed by atoms with van der Waals surface area (Å²) in [6, 6.07) is 8.52. The Hall–Kier alpha value is -3.87. The van der Waals surface area contributed by atoms with Crippen molar-refractivity contribution < 1.29 is 9.90 Å². The smallest absolute Gasteiger partial charge is 0.306 e. The summed E-state index contributed by atoms with van der Waals surface area (Å²) < 4.78 is 2.05. The molecule has 1 fully saturated rings. The normalized spacial score (nSPS) is 20.6. The van der Waals surface area contributed by atoms with Gasteiger partial charge in [-0.2, -0.15) is 0 Å². The highest BCUT2D eigenvalue weighted by Gasteiger charge is 2.30. The van der Waals surface area contributed by atoms with E-state index in [0.717, 1.165) is 59.3 Å². The fraction of sp³-hybridized carbons (Fsp3) is 0.296. The number of fused-ring (bicyclic) bond motifs is 2. The zero-order valence-electron chi connectivity index (χ0n) is 18.9. The Morgan fingerprint density at radius 1 is 1.21 bits per heavy atom. The number of aliphatic carboxylic acids is 1. The van der Waals surface area contributed by atoms with Crippen LogP contribution in [0.3, 0.4) is 0 Å². The lowest BCUT2D eigenvalue weighted by Crippen LogP contribution is -2.21. The summed E-state index contributed by atoms with van der Waals surface area (Å²) in [5.41, 5.74) is 12.5. The minimum absolute atomic E-state index is 0.192. The molecule has 34 heavy (non-hydrogen) atoms. The third-order valence-corrected chi connectivity index (χ3v) is 7.32. The Morgan fingerprint density at radius 2 is 2.06 bits per heavy atom. The van der Waals surface area contributed by atoms with Gasteiger partial charge in [-0.1, -0.05) is 36.4 Å². The van der Waals surface area contributed by atoms with Gasteiger partial charge in [-0.05, 0) is 50.2 Å². The molecule has 4 N–H and O–H groups in total. The number of nitrogen functional groups attached to an aromatic ring is 1. The van der Waals surface area contributed by atoms with Crippen LogP contribution in [0.2, 0.25) is 0 Å². The van der Waals surface area contributed by atoms with Gasteiger partial charge >= 0.3 is 5.97 Å². The van der Waals surface area contributed by atoms with Gasteiger partial charge in [-0.15, -0.1) is 0 Å². The van der Waals surface area contributed by atoms with Gasteiger partial charge in [0.25, 0.3) is 0 Å². The van der Waals surface area contributed by atoms with E-state index in [1.165, 1.54) is 11.1 Å². The summed E-state index contributed by atoms with van der Waals surface area (Å²) in [5, 5.41) is 10.5. The number of hydrogen-bond donors (Lipinski definition) is 3. The number of carbonyl (C=O) groups is 1. The number of nitrogens with zero attached hydrogens (tertiary/aromatic N) is 3. The molecular weight excluding hydrogens is 426 g/mol. The van der Waals surface area contributed by atoms with E-state index in [4.69, 9.17) is 10.7 Å². The molecule has 0 spiro atoms. The Kier molecular flexibility index (Phi) is 4.98. The summed E-state index contributed by atoms with van der Waals surface area (Å²) in [7, 11) is 0. The SMILES string of the molecule is Nc1nccn2c(C3CCC(C(=O)O)CC3)nc(-c3cc4cccc(C5=CC=CCC5)c4[nH]3)c12. The van der Waals surface area contributed by atoms with Crippen LogP contribution < -0.4 is 5.73 Å². The second kappa shape index (κ2) is 8.17. The lowest BCUT2D eigenvalue weighted by molar-refractivity contribution is -0.142. The zero-order valence-corrected chi connectivity index (χ0v) is 18.9. The van der Waals surface area contributed by atoms with Gasteiger partial charge < -0.3 is 15.8 Å². The summed E-state index contributed by atoms with van der Waals surface area (Å²) >= 11 is 0. The summed E-state index contributed by atoms with van der Waals surface area (Å²) in [4.78, 5) is 24.5. The monoisotopic (exact) mass is 453 g/mol. The van der Waals surface area contributed by atoms with Crippen LogP contribution >= 0.6 is 0 Å². The van der Waals surface area contributed by atoms with Crippen molar-refractivity contribution in [1.29, 1.82) is 0 Å². The lowest BCUT2D eigenvalue weighted by atomic mass is 9.81. The molecule has 0 amide bonds. The van der Waals surface area contributed by atoms with E-state index in [1.54, 1.807) is 6.20 Å². The number of aromatic nitrogens is 4. The van der Waals surface area contributed by atoms with Gasteiger partial charge in [0.2, 0.25) is 0 Å². The fourth-order valence-corrected chi connectivity index (χ4v) is 5.54. The first-order valence-corrected chi connectivity index (χ1v) is 11.9. The summed E-state index contributed by atoms with van der Waals surface area (Å²) in [5.74, 6) is 0.608. The van der Waals surface area contributed by atoms with E-state index >= 15 is 0 Å². The molecule has 7 nitrogen and oxygen atoms in total. The molecule has 0 atom stereocenters. The maximum absolute atomic E-state index is 11.4. The average Bonchev–Trinajstić information content (AvgIpc) is 3.47. The molecule has 0 saturated heterocycles. The first kappa shape index (κ1) is 20.7. The number of nitrogens with one attached hydrogen (secondary N) is 1. The predicted octanol–water partition coefficient (Wildman–Crippen LogP) is 5.55. The van der Waals surface area contributed by atoms with E-state index in [2.05, 4.69) is 52.5 Å². The number of benzene rings is 1. The van der Waals surface area contributed by atoms with Gasteiger partial charge in [0.05, 0.1) is 17.1 Å². The molecule has 2 aliphatic rings. The molecular formula is C27H27N5O2. The molecule has 3 heterocycles. The molecule has 0 unspecified atom stereocenters. The summed E-state index contributed by atoms with van der Waals surface area (Å²) in [6.45, 7) is 0. The number of aromatic amines is 1. The molecule has 0 aliphatic heterocycles. The third-order valence-electron chi connectivity index (χ3n) is 7.32. The highest BCUT2D eigenvalue weighted by atomic mass is 16.4. The Morgan fingerprint density at radius 3 is 2.82 bits per heavy atom. The van der Waals surface area contributed by atoms with Gasteiger partial charge in [0.1, 0.15) is 22.9 Å². The van der Waals surface area contributed by atoms with Gasteiger partial charge in [-0.3, -0.25) is 9.20 Å². The number of carboxylic acid groups (broad SMARTS) is 1. The third kappa shape index (κ3) is 3.39. The number of para-hydroxylation sites is 1. The van der Waals surface area contributed by atoms with Gasteiger partial charge in [-0.25, -0.2) is 9.97 Å². The molecule has 1 saturated carbocycles. The number of rotatable bonds is 4. The maximum Gasteiger partial charge on any atom is 0.306 e. The average molecular weight is 454 g/mol. The van der Waals surface area contributed by atoms with E-state index in [9.17, 15) is 9.90 Å². The number of nitrogens with two attached hydrogens (primary N) is 1. The highest BCUT2D eigenvalue weighted by molar-refractivity contribution is 5.97. The molecule has 0 radical (unpaired) electrons. The number of anilines is 1. The maximum atomic E-state index is 11.4. The number of imidazole rings is 1. The van der Waals surface area contributed by atoms with Crippen molar-refractivity contribution in [1.82, 2.24) is 19.4 Å². The van der Waals surface area contributed by atoms with Crippen molar-refractivity contribution in [3.63, 3.8) is 0 Å². The van der Waals surface area contributed by atoms with Crippen molar-refractivity contribution in [2.24, 2.45) is 5.92 Å². The van der Waals surface area contributed by atoms with E-state index in [0.29, 0.717) is 18.7 Å². The van der Waals surface area contributed by atoms with Crippen molar-refractivity contribution in [2.75, 3.05) is 5.73 Å². The second-order valence-electron chi connectivity index (χ2n) is 9.35. The molecule has 2 aliphatic carbocycles. The van der Waals surface area contributed by atoms with Crippen LogP contribution in [0.1, 0.15) is 55.8 Å². The standard InChI is InChI=1S/C27H27N5O2/c28-25-24-23(21-15-19-7-4-8-20(22(19)30-21)16-5-2-1-3-6-16)31-26(32(24)14-13-29-25)17-9-11-18(12-10-17)27(33)34/h1-2,4-5,7-8,13-15,17-18,30H,3,6,9-12H2,(H2,28,29)(H,33,34). The van der Waals surface area contributed by atoms with E-state index in [1.807, 2.05) is 10.6 Å². The second-order valence-corrected chi connectivity index (χ2v) is 9.35. The van der Waals surface area contributed by atoms with Crippen LogP contribution in [-0.2, 0) is 4.79 Å². The number of H-pyrrole nitrogens is 1. The molecule has 7 heteroatoms. The quantitative estimate of drug-likeness (QED) is 0.375. The summed E-state index contributed by atoms with van der Waals surface area (Å²) in [6.07, 6.45) is 15.2. The first-order valence-electron chi connectivity index (χ1n) is 11.9. The van der Waals surface area contributed by atoms with Crippen LogP contribution in [0.5, 0.6) is 0 Å². The highest BCUT2D eigenvalue weighted by Crippen LogP contribution is 2.39. The van der Waals surface area contributed by atoms with E-state index in [-0.39, 0.29) is 11.8 Å². The van der Waals surface area contributed by atoms with Gasteiger partial charge in [0, 0.05) is 29.3 Å². The zero-order chi connectivity index (χ0) is 23.2. The Labute approximate surface area is 197 Å².